The highest BCUT2D eigenvalue weighted by Crippen LogP contribution is 2.17. The number of amides is 1. The van der Waals surface area contributed by atoms with Gasteiger partial charge < -0.3 is 20.2 Å². The van der Waals surface area contributed by atoms with Gasteiger partial charge in [0.1, 0.15) is 5.69 Å². The van der Waals surface area contributed by atoms with E-state index in [4.69, 9.17) is 0 Å². The van der Waals surface area contributed by atoms with Crippen LogP contribution in [0.5, 0.6) is 0 Å². The molecule has 7 nitrogen and oxygen atoms in total. The number of carbonyl (C=O) groups excluding carboxylic acids is 1. The number of hydrogen-bond donors (Lipinski definition) is 3. The van der Waals surface area contributed by atoms with Crippen molar-refractivity contribution in [2.75, 3.05) is 18.0 Å². The van der Waals surface area contributed by atoms with Crippen molar-refractivity contribution in [2.24, 2.45) is 0 Å². The summed E-state index contributed by atoms with van der Waals surface area (Å²) in [7, 11) is 0. The maximum Gasteiger partial charge on any atom is 0.290 e. The van der Waals surface area contributed by atoms with Crippen molar-refractivity contribution in [3.63, 3.8) is 0 Å². The SMILES string of the molecule is O=C(NC1CCCN(c2ncc[nH]c2=O)C1)c1cc2ccccc2[nH]1. The normalized spacial score (nSPS) is 17.6. The molecular weight excluding hydrogens is 318 g/mol. The molecule has 3 heterocycles. The number of nitrogens with zero attached hydrogens (tertiary/aromatic N) is 2. The number of aromatic amines is 2. The summed E-state index contributed by atoms with van der Waals surface area (Å²) in [6, 6.07) is 9.63. The van der Waals surface area contributed by atoms with Crippen LogP contribution in [0.1, 0.15) is 23.3 Å². The van der Waals surface area contributed by atoms with Gasteiger partial charge in [-0.05, 0) is 25.0 Å². The number of rotatable bonds is 3. The van der Waals surface area contributed by atoms with E-state index in [-0.39, 0.29) is 17.5 Å². The Labute approximate surface area is 144 Å². The number of aromatic nitrogens is 3. The molecule has 1 unspecified atom stereocenters. The third-order valence-corrected chi connectivity index (χ3v) is 4.52. The number of piperidine rings is 1. The highest BCUT2D eigenvalue weighted by atomic mass is 16.2. The number of para-hydroxylation sites is 1. The highest BCUT2D eigenvalue weighted by molar-refractivity contribution is 5.98. The fourth-order valence-corrected chi connectivity index (χ4v) is 3.32. The summed E-state index contributed by atoms with van der Waals surface area (Å²) in [5.41, 5.74) is 1.29. The maximum atomic E-state index is 12.5. The fraction of sp³-hybridized carbons (Fsp3) is 0.278. The summed E-state index contributed by atoms with van der Waals surface area (Å²) in [5.74, 6) is 0.282. The lowest BCUT2D eigenvalue weighted by Crippen LogP contribution is -2.49. The van der Waals surface area contributed by atoms with E-state index >= 15 is 0 Å². The Kier molecular flexibility index (Phi) is 3.97. The van der Waals surface area contributed by atoms with Crippen LogP contribution in [-0.2, 0) is 0 Å². The molecule has 0 radical (unpaired) electrons. The number of fused-ring (bicyclic) bond motifs is 1. The lowest BCUT2D eigenvalue weighted by molar-refractivity contribution is 0.0929. The largest absolute Gasteiger partial charge is 0.351 e. The van der Waals surface area contributed by atoms with Gasteiger partial charge in [-0.25, -0.2) is 4.98 Å². The first-order chi connectivity index (χ1) is 12.2. The van der Waals surface area contributed by atoms with E-state index in [9.17, 15) is 9.59 Å². The first kappa shape index (κ1) is 15.4. The number of H-pyrrole nitrogens is 2. The summed E-state index contributed by atoms with van der Waals surface area (Å²) in [4.78, 5) is 36.3. The Morgan fingerprint density at radius 2 is 2.20 bits per heavy atom. The Balaban J connectivity index is 1.47. The predicted octanol–water partition coefficient (Wildman–Crippen LogP) is 1.65. The molecule has 1 amide bonds. The molecule has 0 aliphatic carbocycles. The van der Waals surface area contributed by atoms with Crippen LogP contribution in [0.15, 0.2) is 47.5 Å². The second-order valence-corrected chi connectivity index (χ2v) is 6.27. The van der Waals surface area contributed by atoms with Crippen molar-refractivity contribution in [3.05, 3.63) is 58.8 Å². The summed E-state index contributed by atoms with van der Waals surface area (Å²) < 4.78 is 0. The van der Waals surface area contributed by atoms with Gasteiger partial charge in [0, 0.05) is 42.4 Å². The molecule has 1 aliphatic heterocycles. The van der Waals surface area contributed by atoms with Crippen molar-refractivity contribution >= 4 is 22.6 Å². The van der Waals surface area contributed by atoms with E-state index in [0.29, 0.717) is 18.1 Å². The molecule has 1 fully saturated rings. The van der Waals surface area contributed by atoms with Crippen LogP contribution in [0.4, 0.5) is 5.82 Å². The van der Waals surface area contributed by atoms with Crippen molar-refractivity contribution in [1.82, 2.24) is 20.3 Å². The zero-order chi connectivity index (χ0) is 17.2. The molecule has 1 aliphatic rings. The molecule has 7 heteroatoms. The number of anilines is 1. The van der Waals surface area contributed by atoms with Gasteiger partial charge in [0.2, 0.25) is 0 Å². The molecular formula is C18H19N5O2. The Hall–Kier alpha value is -3.09. The van der Waals surface area contributed by atoms with Gasteiger partial charge in [-0.2, -0.15) is 0 Å². The van der Waals surface area contributed by atoms with Crippen LogP contribution in [0.25, 0.3) is 10.9 Å². The van der Waals surface area contributed by atoms with Gasteiger partial charge in [0.15, 0.2) is 5.82 Å². The predicted molar refractivity (Wildman–Crippen MR) is 95.9 cm³/mol. The maximum absolute atomic E-state index is 12.5. The zero-order valence-corrected chi connectivity index (χ0v) is 13.7. The van der Waals surface area contributed by atoms with Gasteiger partial charge in [0.05, 0.1) is 0 Å². The lowest BCUT2D eigenvalue weighted by Gasteiger charge is -2.33. The van der Waals surface area contributed by atoms with Crippen LogP contribution in [0.3, 0.4) is 0 Å². The first-order valence-electron chi connectivity index (χ1n) is 8.38. The van der Waals surface area contributed by atoms with E-state index < -0.39 is 0 Å². The Bertz CT molecular complexity index is 928. The second kappa shape index (κ2) is 6.43. The molecule has 3 N–H and O–H groups in total. The molecule has 1 atom stereocenters. The van der Waals surface area contributed by atoms with Crippen molar-refractivity contribution in [2.45, 2.75) is 18.9 Å². The summed E-state index contributed by atoms with van der Waals surface area (Å²) >= 11 is 0. The van der Waals surface area contributed by atoms with Gasteiger partial charge in [-0.1, -0.05) is 18.2 Å². The molecule has 128 valence electrons. The Morgan fingerprint density at radius 1 is 1.32 bits per heavy atom. The number of hydrogen-bond acceptors (Lipinski definition) is 4. The average Bonchev–Trinajstić information content (AvgIpc) is 3.07. The van der Waals surface area contributed by atoms with E-state index in [1.807, 2.05) is 35.2 Å². The monoisotopic (exact) mass is 337 g/mol. The number of nitrogens with one attached hydrogen (secondary N) is 3. The molecule has 1 aromatic carbocycles. The quantitative estimate of drug-likeness (QED) is 0.677. The third kappa shape index (κ3) is 3.13. The van der Waals surface area contributed by atoms with Crippen molar-refractivity contribution < 1.29 is 4.79 Å². The minimum absolute atomic E-state index is 0.0194. The third-order valence-electron chi connectivity index (χ3n) is 4.52. The van der Waals surface area contributed by atoms with Gasteiger partial charge in [-0.15, -0.1) is 0 Å². The van der Waals surface area contributed by atoms with Crippen molar-refractivity contribution in [1.29, 1.82) is 0 Å². The molecule has 0 spiro atoms. The van der Waals surface area contributed by atoms with Gasteiger partial charge in [-0.3, -0.25) is 9.59 Å². The van der Waals surface area contributed by atoms with Crippen LogP contribution in [0, 0.1) is 0 Å². The minimum Gasteiger partial charge on any atom is -0.351 e. The summed E-state index contributed by atoms with van der Waals surface area (Å²) in [6.45, 7) is 1.34. The van der Waals surface area contributed by atoms with E-state index in [1.165, 1.54) is 6.20 Å². The minimum atomic E-state index is -0.204. The molecule has 0 bridgehead atoms. The van der Waals surface area contributed by atoms with Gasteiger partial charge in [0.25, 0.3) is 11.5 Å². The Morgan fingerprint density at radius 3 is 3.04 bits per heavy atom. The van der Waals surface area contributed by atoms with E-state index in [0.717, 1.165) is 30.3 Å². The summed E-state index contributed by atoms with van der Waals surface area (Å²) in [6.07, 6.45) is 4.87. The smallest absolute Gasteiger partial charge is 0.290 e. The van der Waals surface area contributed by atoms with Crippen molar-refractivity contribution in [3.8, 4) is 0 Å². The highest BCUT2D eigenvalue weighted by Gasteiger charge is 2.24. The molecule has 1 saturated heterocycles. The number of benzene rings is 1. The zero-order valence-electron chi connectivity index (χ0n) is 13.7. The van der Waals surface area contributed by atoms with Gasteiger partial charge >= 0.3 is 0 Å². The van der Waals surface area contributed by atoms with E-state index in [2.05, 4.69) is 20.3 Å². The summed E-state index contributed by atoms with van der Waals surface area (Å²) in [5, 5.41) is 4.08. The van der Waals surface area contributed by atoms with Crippen LogP contribution >= 0.6 is 0 Å². The van der Waals surface area contributed by atoms with Crippen LogP contribution in [-0.4, -0.2) is 40.0 Å². The standard InChI is InChI=1S/C18H19N5O2/c24-17(15-10-12-4-1-2-6-14(12)22-15)21-13-5-3-9-23(11-13)16-18(25)20-8-7-19-16/h1-2,4,6-8,10,13,22H,3,5,9,11H2,(H,20,25)(H,21,24). The molecule has 2 aromatic heterocycles. The molecule has 0 saturated carbocycles. The average molecular weight is 337 g/mol. The topological polar surface area (TPSA) is 93.9 Å². The molecule has 3 aromatic rings. The van der Waals surface area contributed by atoms with Crippen LogP contribution in [0.2, 0.25) is 0 Å². The fourth-order valence-electron chi connectivity index (χ4n) is 3.32. The van der Waals surface area contributed by atoms with Crippen LogP contribution < -0.4 is 15.8 Å². The molecule has 4 rings (SSSR count). The van der Waals surface area contributed by atoms with E-state index in [1.54, 1.807) is 6.20 Å². The lowest BCUT2D eigenvalue weighted by atomic mass is 10.1. The number of carbonyl (C=O) groups is 1. The second-order valence-electron chi connectivity index (χ2n) is 6.27. The molecule has 25 heavy (non-hydrogen) atoms. The first-order valence-corrected chi connectivity index (χ1v) is 8.38.